The molecule has 15 heteroatoms. The van der Waals surface area contributed by atoms with Gasteiger partial charge in [0.15, 0.2) is 0 Å². The summed E-state index contributed by atoms with van der Waals surface area (Å²) in [5.74, 6) is 0. The van der Waals surface area contributed by atoms with Gasteiger partial charge in [0.1, 0.15) is 0 Å². The highest BCUT2D eigenvalue weighted by Gasteiger charge is 2.64. The molecule has 0 fully saturated rings. The SMILES string of the molecule is CCC(S(=O)(=O)NCCCCCC#N)(S(=O)(=O)NCCCCCC#N)S(=O)(=O)NCCCCCC#N. The zero-order chi connectivity index (χ0) is 27.6. The van der Waals surface area contributed by atoms with Crippen LogP contribution < -0.4 is 14.2 Å². The molecule has 0 amide bonds. The van der Waals surface area contributed by atoms with Gasteiger partial charge in [-0.05, 0) is 44.9 Å². The van der Waals surface area contributed by atoms with E-state index in [1.807, 2.05) is 18.2 Å². The van der Waals surface area contributed by atoms with Crippen LogP contribution in [0.1, 0.15) is 90.4 Å². The van der Waals surface area contributed by atoms with Crippen molar-refractivity contribution in [2.24, 2.45) is 0 Å². The summed E-state index contributed by atoms with van der Waals surface area (Å²) in [5, 5.41) is 25.8. The van der Waals surface area contributed by atoms with Gasteiger partial charge in [-0.2, -0.15) is 15.8 Å². The fourth-order valence-electron chi connectivity index (χ4n) is 3.47. The Bertz CT molecular complexity index is 951. The zero-order valence-electron chi connectivity index (χ0n) is 20.8. The molecular weight excluding hydrogens is 528 g/mol. The quantitative estimate of drug-likeness (QED) is 0.163. The van der Waals surface area contributed by atoms with Crippen molar-refractivity contribution in [3.8, 4) is 18.2 Å². The van der Waals surface area contributed by atoms with Crippen molar-refractivity contribution in [3.63, 3.8) is 0 Å². The average Bonchev–Trinajstić information content (AvgIpc) is 2.80. The minimum atomic E-state index is -4.95. The summed E-state index contributed by atoms with van der Waals surface area (Å²) in [7, 11) is -14.8. The minimum absolute atomic E-state index is 0.178. The maximum atomic E-state index is 13.3. The van der Waals surface area contributed by atoms with Crippen LogP contribution in [0.4, 0.5) is 0 Å². The average molecular weight is 567 g/mol. The molecule has 206 valence electrons. The summed E-state index contributed by atoms with van der Waals surface area (Å²) in [4.78, 5) is 0. The second-order valence-corrected chi connectivity index (χ2v) is 14.9. The van der Waals surface area contributed by atoms with Crippen LogP contribution in [0.2, 0.25) is 0 Å². The monoisotopic (exact) mass is 566 g/mol. The van der Waals surface area contributed by atoms with Crippen molar-refractivity contribution in [1.29, 1.82) is 15.8 Å². The largest absolute Gasteiger partial charge is 0.312 e. The molecule has 0 aliphatic carbocycles. The maximum Gasteiger partial charge on any atom is 0.312 e. The molecule has 0 aromatic heterocycles. The van der Waals surface area contributed by atoms with E-state index in [0.29, 0.717) is 77.0 Å². The van der Waals surface area contributed by atoms with E-state index in [-0.39, 0.29) is 19.6 Å². The molecule has 3 N–H and O–H groups in total. The Morgan fingerprint density at radius 3 is 1.03 bits per heavy atom. The third-order valence-corrected chi connectivity index (χ3v) is 14.5. The summed E-state index contributed by atoms with van der Waals surface area (Å²) in [6.45, 7) is 0.652. The topological polar surface area (TPSA) is 210 Å². The molecule has 0 rings (SSSR count). The van der Waals surface area contributed by atoms with Crippen molar-refractivity contribution in [1.82, 2.24) is 14.2 Å². The molecule has 0 atom stereocenters. The third-order valence-electron chi connectivity index (χ3n) is 5.43. The highest BCUT2D eigenvalue weighted by Crippen LogP contribution is 2.33. The van der Waals surface area contributed by atoms with Crippen LogP contribution in [0.3, 0.4) is 0 Å². The first-order chi connectivity index (χ1) is 17.0. The maximum absolute atomic E-state index is 13.3. The van der Waals surface area contributed by atoms with Gasteiger partial charge in [0, 0.05) is 38.9 Å². The van der Waals surface area contributed by atoms with Crippen LogP contribution >= 0.6 is 0 Å². The molecule has 0 saturated carbocycles. The standard InChI is InChI=1S/C21H38N6O6S3/c1-2-21(34(28,29)25-18-12-6-3-9-15-22,35(30,31)26-19-13-7-4-10-16-23)36(32,33)27-20-14-8-5-11-17-24/h25-27H,2-14,18-20H2,1H3. The first-order valence-electron chi connectivity index (χ1n) is 12.1. The van der Waals surface area contributed by atoms with E-state index in [1.54, 1.807) is 0 Å². The van der Waals surface area contributed by atoms with Gasteiger partial charge in [0.2, 0.25) is 30.1 Å². The lowest BCUT2D eigenvalue weighted by Crippen LogP contribution is -2.63. The lowest BCUT2D eigenvalue weighted by atomic mass is 10.2. The predicted molar refractivity (Wildman–Crippen MR) is 136 cm³/mol. The fourth-order valence-corrected chi connectivity index (χ4v) is 11.0. The highest BCUT2D eigenvalue weighted by atomic mass is 32.3. The van der Waals surface area contributed by atoms with Crippen LogP contribution in [-0.4, -0.2) is 48.3 Å². The highest BCUT2D eigenvalue weighted by molar-refractivity contribution is 8.24. The molecule has 0 radical (unpaired) electrons. The first-order valence-corrected chi connectivity index (χ1v) is 16.5. The summed E-state index contributed by atoms with van der Waals surface area (Å²) in [5.41, 5.74) is 0. The van der Waals surface area contributed by atoms with Gasteiger partial charge in [-0.3, -0.25) is 0 Å². The minimum Gasteiger partial charge on any atom is -0.213 e. The number of nitriles is 3. The van der Waals surface area contributed by atoms with Gasteiger partial charge >= 0.3 is 3.41 Å². The molecule has 0 saturated heterocycles. The lowest BCUT2D eigenvalue weighted by Gasteiger charge is -2.31. The second kappa shape index (κ2) is 17.6. The Morgan fingerprint density at radius 1 is 0.528 bits per heavy atom. The van der Waals surface area contributed by atoms with E-state index in [2.05, 4.69) is 14.2 Å². The van der Waals surface area contributed by atoms with E-state index < -0.39 is 39.9 Å². The number of nitrogens with one attached hydrogen (secondary N) is 3. The van der Waals surface area contributed by atoms with E-state index >= 15 is 0 Å². The van der Waals surface area contributed by atoms with Crippen molar-refractivity contribution < 1.29 is 25.3 Å². The summed E-state index contributed by atoms with van der Waals surface area (Å²) >= 11 is 0. The molecule has 0 unspecified atom stereocenters. The van der Waals surface area contributed by atoms with E-state index in [1.165, 1.54) is 6.92 Å². The Balaban J connectivity index is 5.84. The molecule has 0 aromatic carbocycles. The molecular formula is C21H38N6O6S3. The predicted octanol–water partition coefficient (Wildman–Crippen LogP) is 2.06. The Morgan fingerprint density at radius 2 is 0.806 bits per heavy atom. The Kier molecular flexibility index (Phi) is 16.7. The molecule has 0 aliphatic rings. The summed E-state index contributed by atoms with van der Waals surface area (Å²) in [6, 6.07) is 5.92. The lowest BCUT2D eigenvalue weighted by molar-refractivity contribution is 0.521. The second-order valence-electron chi connectivity index (χ2n) is 8.14. The van der Waals surface area contributed by atoms with Crippen LogP contribution in [0, 0.1) is 34.0 Å². The molecule has 0 aliphatic heterocycles. The van der Waals surface area contributed by atoms with E-state index in [4.69, 9.17) is 15.8 Å². The van der Waals surface area contributed by atoms with Gasteiger partial charge < -0.3 is 0 Å². The zero-order valence-corrected chi connectivity index (χ0v) is 23.3. The van der Waals surface area contributed by atoms with Crippen LogP contribution in [0.5, 0.6) is 0 Å². The van der Waals surface area contributed by atoms with Crippen molar-refractivity contribution in [2.75, 3.05) is 19.6 Å². The molecule has 0 spiro atoms. The summed E-state index contributed by atoms with van der Waals surface area (Å²) < 4.78 is 83.3. The molecule has 0 aromatic rings. The third kappa shape index (κ3) is 10.3. The molecule has 0 heterocycles. The number of sulfonamides is 3. The Hall–Kier alpha value is -1.80. The fraction of sp³-hybridized carbons (Fsp3) is 0.857. The summed E-state index contributed by atoms with van der Waals surface area (Å²) in [6.07, 6.45) is 4.19. The van der Waals surface area contributed by atoms with Gasteiger partial charge in [-0.25, -0.2) is 39.4 Å². The van der Waals surface area contributed by atoms with Gasteiger partial charge in [-0.15, -0.1) is 0 Å². The normalized spacial score (nSPS) is 12.5. The van der Waals surface area contributed by atoms with Crippen molar-refractivity contribution >= 4 is 30.1 Å². The number of nitrogens with zero attached hydrogens (tertiary/aromatic N) is 3. The molecule has 0 bridgehead atoms. The number of hydrogen-bond acceptors (Lipinski definition) is 9. The number of unbranched alkanes of at least 4 members (excludes halogenated alkanes) is 9. The number of hydrogen-bond donors (Lipinski definition) is 3. The van der Waals surface area contributed by atoms with E-state index in [0.717, 1.165) is 0 Å². The van der Waals surface area contributed by atoms with Crippen LogP contribution in [0.15, 0.2) is 0 Å². The molecule has 12 nitrogen and oxygen atoms in total. The van der Waals surface area contributed by atoms with Gasteiger partial charge in [0.25, 0.3) is 0 Å². The van der Waals surface area contributed by atoms with Crippen molar-refractivity contribution in [2.45, 2.75) is 93.8 Å². The smallest absolute Gasteiger partial charge is 0.213 e. The Labute approximate surface area is 216 Å². The van der Waals surface area contributed by atoms with Gasteiger partial charge in [-0.1, -0.05) is 26.2 Å². The number of rotatable bonds is 22. The van der Waals surface area contributed by atoms with Crippen LogP contribution in [0.25, 0.3) is 0 Å². The van der Waals surface area contributed by atoms with E-state index in [9.17, 15) is 25.3 Å². The van der Waals surface area contributed by atoms with Crippen molar-refractivity contribution in [3.05, 3.63) is 0 Å². The van der Waals surface area contributed by atoms with Gasteiger partial charge in [0.05, 0.1) is 18.2 Å². The first kappa shape index (κ1) is 34.2. The molecule has 36 heavy (non-hydrogen) atoms. The van der Waals surface area contributed by atoms with Crippen LogP contribution in [-0.2, 0) is 30.1 Å².